The Morgan fingerprint density at radius 2 is 2.00 bits per heavy atom. The van der Waals surface area contributed by atoms with Gasteiger partial charge in [-0.3, -0.25) is 9.89 Å². The van der Waals surface area contributed by atoms with E-state index in [0.29, 0.717) is 6.04 Å². The van der Waals surface area contributed by atoms with E-state index in [2.05, 4.69) is 48.1 Å². The summed E-state index contributed by atoms with van der Waals surface area (Å²) in [5.41, 5.74) is 1.23. The predicted molar refractivity (Wildman–Crippen MR) is 117 cm³/mol. The van der Waals surface area contributed by atoms with Crippen LogP contribution in [0.1, 0.15) is 38.7 Å². The fraction of sp³-hybridized carbons (Fsp3) is 0.682. The van der Waals surface area contributed by atoms with Gasteiger partial charge in [0.15, 0.2) is 17.5 Å². The molecule has 0 radical (unpaired) electrons. The summed E-state index contributed by atoms with van der Waals surface area (Å²) >= 11 is 0. The summed E-state index contributed by atoms with van der Waals surface area (Å²) in [7, 11) is 5.45. The van der Waals surface area contributed by atoms with Gasteiger partial charge >= 0.3 is 0 Å². The molecule has 1 atom stereocenters. The van der Waals surface area contributed by atoms with Gasteiger partial charge in [-0.05, 0) is 57.0 Å². The average molecular weight is 391 g/mol. The highest BCUT2D eigenvalue weighted by Gasteiger charge is 2.20. The van der Waals surface area contributed by atoms with Crippen LogP contribution in [0.4, 0.5) is 0 Å². The van der Waals surface area contributed by atoms with E-state index in [1.807, 2.05) is 6.07 Å². The lowest BCUT2D eigenvalue weighted by Gasteiger charge is -2.34. The largest absolute Gasteiger partial charge is 0.493 e. The molecule has 0 amide bonds. The molecular weight excluding hydrogens is 352 g/mol. The van der Waals surface area contributed by atoms with E-state index in [0.717, 1.165) is 50.1 Å². The number of likely N-dealkylation sites (N-methyl/N-ethyl adjacent to an activating group) is 2. The molecule has 158 valence electrons. The van der Waals surface area contributed by atoms with Crippen LogP contribution in [0, 0.1) is 0 Å². The molecule has 0 saturated carbocycles. The van der Waals surface area contributed by atoms with Crippen LogP contribution in [0.2, 0.25) is 0 Å². The van der Waals surface area contributed by atoms with E-state index in [-0.39, 0.29) is 0 Å². The van der Waals surface area contributed by atoms with Crippen molar-refractivity contribution in [2.75, 3.05) is 54.0 Å². The molecule has 28 heavy (non-hydrogen) atoms. The van der Waals surface area contributed by atoms with Gasteiger partial charge < -0.3 is 19.7 Å². The van der Waals surface area contributed by atoms with Crippen LogP contribution in [-0.2, 0) is 6.42 Å². The topological polar surface area (TPSA) is 49.3 Å². The van der Waals surface area contributed by atoms with Crippen LogP contribution < -0.4 is 14.8 Å². The maximum absolute atomic E-state index is 5.42. The number of guanidine groups is 1. The number of likely N-dealkylation sites (tertiary alicyclic amines) is 1. The van der Waals surface area contributed by atoms with Gasteiger partial charge in [0.1, 0.15) is 0 Å². The van der Waals surface area contributed by atoms with E-state index in [1.165, 1.54) is 31.4 Å². The summed E-state index contributed by atoms with van der Waals surface area (Å²) in [6.07, 6.45) is 4.82. The number of benzene rings is 1. The number of hydrogen-bond donors (Lipinski definition) is 1. The normalized spacial score (nSPS) is 18.0. The van der Waals surface area contributed by atoms with E-state index in [4.69, 9.17) is 14.5 Å². The van der Waals surface area contributed by atoms with Crippen LogP contribution in [-0.4, -0.2) is 75.8 Å². The molecule has 0 aliphatic carbocycles. The Labute approximate surface area is 170 Å². The van der Waals surface area contributed by atoms with Crippen molar-refractivity contribution in [2.45, 2.75) is 45.6 Å². The lowest BCUT2D eigenvalue weighted by Crippen LogP contribution is -2.44. The summed E-state index contributed by atoms with van der Waals surface area (Å²) in [4.78, 5) is 9.74. The zero-order valence-electron chi connectivity index (χ0n) is 18.3. The number of aliphatic imine (C=N–C) groups is 1. The molecule has 2 rings (SSSR count). The molecule has 0 aromatic heterocycles. The standard InChI is InChI=1S/C22H38N4O2/c1-6-23-22(24-17-19-10-8-9-14-26(19)7-2)25(3)15-13-18-11-12-20(27-4)21(16-18)28-5/h11-12,16,19H,6-10,13-15,17H2,1-5H3,(H,23,24). The van der Waals surface area contributed by atoms with Gasteiger partial charge in [0, 0.05) is 26.2 Å². The maximum Gasteiger partial charge on any atom is 0.193 e. The summed E-state index contributed by atoms with van der Waals surface area (Å²) in [6.45, 7) is 9.34. The van der Waals surface area contributed by atoms with Gasteiger partial charge in [-0.1, -0.05) is 19.4 Å². The monoisotopic (exact) mass is 390 g/mol. The molecule has 1 aliphatic heterocycles. The minimum atomic E-state index is 0.576. The van der Waals surface area contributed by atoms with Crippen molar-refractivity contribution in [1.29, 1.82) is 0 Å². The molecular formula is C22H38N4O2. The molecule has 1 aromatic carbocycles. The Hall–Kier alpha value is -1.95. The molecule has 0 bridgehead atoms. The van der Waals surface area contributed by atoms with Crippen molar-refractivity contribution in [3.05, 3.63) is 23.8 Å². The highest BCUT2D eigenvalue weighted by Crippen LogP contribution is 2.27. The highest BCUT2D eigenvalue weighted by atomic mass is 16.5. The molecule has 1 unspecified atom stereocenters. The van der Waals surface area contributed by atoms with E-state index < -0.39 is 0 Å². The minimum Gasteiger partial charge on any atom is -0.493 e. The van der Waals surface area contributed by atoms with Gasteiger partial charge in [-0.2, -0.15) is 0 Å². The average Bonchev–Trinajstić information content (AvgIpc) is 2.74. The number of hydrogen-bond acceptors (Lipinski definition) is 4. The molecule has 1 saturated heterocycles. The van der Waals surface area contributed by atoms with Gasteiger partial charge in [0.05, 0.1) is 20.8 Å². The third-order valence-electron chi connectivity index (χ3n) is 5.49. The summed E-state index contributed by atoms with van der Waals surface area (Å²) < 4.78 is 10.7. The minimum absolute atomic E-state index is 0.576. The molecule has 1 aromatic rings. The molecule has 0 spiro atoms. The number of nitrogens with one attached hydrogen (secondary N) is 1. The quantitative estimate of drug-likeness (QED) is 0.519. The van der Waals surface area contributed by atoms with Crippen LogP contribution in [0.15, 0.2) is 23.2 Å². The lowest BCUT2D eigenvalue weighted by atomic mass is 10.0. The van der Waals surface area contributed by atoms with E-state index in [9.17, 15) is 0 Å². The number of rotatable bonds is 9. The molecule has 6 heteroatoms. The summed E-state index contributed by atoms with van der Waals surface area (Å²) in [5.74, 6) is 2.53. The fourth-order valence-corrected chi connectivity index (χ4v) is 3.78. The molecule has 6 nitrogen and oxygen atoms in total. The number of ether oxygens (including phenoxy) is 2. The first kappa shape index (κ1) is 22.3. The van der Waals surface area contributed by atoms with Crippen molar-refractivity contribution >= 4 is 5.96 Å². The third kappa shape index (κ3) is 6.30. The van der Waals surface area contributed by atoms with Crippen LogP contribution >= 0.6 is 0 Å². The lowest BCUT2D eigenvalue weighted by molar-refractivity contribution is 0.161. The van der Waals surface area contributed by atoms with Gasteiger partial charge in [0.2, 0.25) is 0 Å². The molecule has 1 fully saturated rings. The van der Waals surface area contributed by atoms with Crippen molar-refractivity contribution in [3.63, 3.8) is 0 Å². The smallest absolute Gasteiger partial charge is 0.193 e. The SMILES string of the molecule is CCNC(=NCC1CCCCN1CC)N(C)CCc1ccc(OC)c(OC)c1. The second-order valence-corrected chi connectivity index (χ2v) is 7.33. The number of nitrogens with zero attached hydrogens (tertiary/aromatic N) is 3. The maximum atomic E-state index is 5.42. The first-order valence-electron chi connectivity index (χ1n) is 10.6. The molecule has 1 N–H and O–H groups in total. The molecule has 1 aliphatic rings. The second-order valence-electron chi connectivity index (χ2n) is 7.33. The van der Waals surface area contributed by atoms with Gasteiger partial charge in [0.25, 0.3) is 0 Å². The zero-order chi connectivity index (χ0) is 20.4. The highest BCUT2D eigenvalue weighted by molar-refractivity contribution is 5.79. The second kappa shape index (κ2) is 11.8. The van der Waals surface area contributed by atoms with Crippen molar-refractivity contribution in [1.82, 2.24) is 15.1 Å². The van der Waals surface area contributed by atoms with Crippen LogP contribution in [0.5, 0.6) is 11.5 Å². The van der Waals surface area contributed by atoms with Crippen molar-refractivity contribution < 1.29 is 9.47 Å². The van der Waals surface area contributed by atoms with Gasteiger partial charge in [-0.25, -0.2) is 0 Å². The third-order valence-corrected chi connectivity index (χ3v) is 5.49. The Kier molecular flexibility index (Phi) is 9.41. The Morgan fingerprint density at radius 3 is 2.68 bits per heavy atom. The van der Waals surface area contributed by atoms with E-state index in [1.54, 1.807) is 14.2 Å². The summed E-state index contributed by atoms with van der Waals surface area (Å²) in [5, 5.41) is 3.44. The fourth-order valence-electron chi connectivity index (χ4n) is 3.78. The Bertz CT molecular complexity index is 621. The van der Waals surface area contributed by atoms with E-state index >= 15 is 0 Å². The molecule has 1 heterocycles. The number of methoxy groups -OCH3 is 2. The Balaban J connectivity index is 1.97. The zero-order valence-corrected chi connectivity index (χ0v) is 18.3. The van der Waals surface area contributed by atoms with Crippen molar-refractivity contribution in [3.8, 4) is 11.5 Å². The predicted octanol–water partition coefficient (Wildman–Crippen LogP) is 3.02. The van der Waals surface area contributed by atoms with Crippen LogP contribution in [0.25, 0.3) is 0 Å². The number of piperidine rings is 1. The van der Waals surface area contributed by atoms with Crippen molar-refractivity contribution in [2.24, 2.45) is 4.99 Å². The Morgan fingerprint density at radius 1 is 1.21 bits per heavy atom. The first-order chi connectivity index (χ1) is 13.6. The summed E-state index contributed by atoms with van der Waals surface area (Å²) in [6, 6.07) is 6.69. The van der Waals surface area contributed by atoms with Gasteiger partial charge in [-0.15, -0.1) is 0 Å². The first-order valence-corrected chi connectivity index (χ1v) is 10.6. The van der Waals surface area contributed by atoms with Crippen LogP contribution in [0.3, 0.4) is 0 Å².